The van der Waals surface area contributed by atoms with E-state index in [9.17, 15) is 0 Å². The predicted molar refractivity (Wildman–Crippen MR) is 99.6 cm³/mol. The first-order valence-electron chi connectivity index (χ1n) is 8.42. The number of para-hydroxylation sites is 1. The van der Waals surface area contributed by atoms with Gasteiger partial charge in [-0.25, -0.2) is 0 Å². The third kappa shape index (κ3) is 3.29. The van der Waals surface area contributed by atoms with Gasteiger partial charge in [0.15, 0.2) is 0 Å². The molecule has 1 aromatic carbocycles. The van der Waals surface area contributed by atoms with E-state index >= 15 is 0 Å². The van der Waals surface area contributed by atoms with Crippen LogP contribution in [0.4, 0.5) is 5.69 Å². The van der Waals surface area contributed by atoms with E-state index in [0.29, 0.717) is 0 Å². The van der Waals surface area contributed by atoms with E-state index in [1.165, 1.54) is 0 Å². The van der Waals surface area contributed by atoms with Crippen molar-refractivity contribution in [3.63, 3.8) is 0 Å². The van der Waals surface area contributed by atoms with E-state index in [1.54, 1.807) is 0 Å². The molecule has 0 N–H and O–H groups in total. The van der Waals surface area contributed by atoms with Crippen LogP contribution in [0.1, 0.15) is 35.5 Å². The molecule has 4 rings (SSSR count). The minimum absolute atomic E-state index is 0.0640. The second-order valence-corrected chi connectivity index (χ2v) is 6.22. The predicted octanol–water partition coefficient (Wildman–Crippen LogP) is 5.51. The molecule has 0 fully saturated rings. The summed E-state index contributed by atoms with van der Waals surface area (Å²) in [6.45, 7) is 3.91. The summed E-state index contributed by atoms with van der Waals surface area (Å²) in [4.78, 5) is 0. The number of aryl methyl sites for hydroxylation is 2. The van der Waals surface area contributed by atoms with Crippen LogP contribution in [0.3, 0.4) is 0 Å². The lowest BCUT2D eigenvalue weighted by Gasteiger charge is -2.21. The molecule has 3 heterocycles. The zero-order chi connectivity index (χ0) is 17.2. The van der Waals surface area contributed by atoms with Crippen molar-refractivity contribution in [2.24, 2.45) is 5.10 Å². The highest BCUT2D eigenvalue weighted by atomic mass is 16.3. The molecule has 2 aromatic heterocycles. The van der Waals surface area contributed by atoms with Crippen molar-refractivity contribution in [2.75, 3.05) is 5.01 Å². The number of hydrogen-bond acceptors (Lipinski definition) is 4. The molecule has 1 unspecified atom stereocenters. The van der Waals surface area contributed by atoms with E-state index in [-0.39, 0.29) is 6.04 Å². The van der Waals surface area contributed by atoms with Crippen LogP contribution in [0.25, 0.3) is 6.08 Å². The van der Waals surface area contributed by atoms with Crippen LogP contribution in [0.15, 0.2) is 74.6 Å². The average Bonchev–Trinajstić information content (AvgIpc) is 3.33. The van der Waals surface area contributed by atoms with E-state index in [4.69, 9.17) is 13.9 Å². The number of anilines is 1. The lowest BCUT2D eigenvalue weighted by Crippen LogP contribution is -2.17. The summed E-state index contributed by atoms with van der Waals surface area (Å²) < 4.78 is 11.5. The second-order valence-electron chi connectivity index (χ2n) is 6.22. The molecule has 1 atom stereocenters. The van der Waals surface area contributed by atoms with Crippen LogP contribution < -0.4 is 5.01 Å². The zero-order valence-corrected chi connectivity index (χ0v) is 14.3. The molecule has 0 amide bonds. The van der Waals surface area contributed by atoms with E-state index in [0.717, 1.165) is 40.9 Å². The summed E-state index contributed by atoms with van der Waals surface area (Å²) in [5.74, 6) is 3.59. The van der Waals surface area contributed by atoms with Crippen LogP contribution in [0.5, 0.6) is 0 Å². The Morgan fingerprint density at radius 2 is 1.68 bits per heavy atom. The monoisotopic (exact) mass is 332 g/mol. The van der Waals surface area contributed by atoms with Crippen molar-refractivity contribution in [2.45, 2.75) is 26.3 Å². The van der Waals surface area contributed by atoms with Gasteiger partial charge in [-0.2, -0.15) is 5.10 Å². The van der Waals surface area contributed by atoms with Crippen LogP contribution in [-0.2, 0) is 0 Å². The molecule has 1 aliphatic rings. The average molecular weight is 332 g/mol. The molecule has 4 nitrogen and oxygen atoms in total. The maximum atomic E-state index is 5.88. The minimum atomic E-state index is 0.0640. The quantitative estimate of drug-likeness (QED) is 0.632. The highest BCUT2D eigenvalue weighted by Gasteiger charge is 2.30. The highest BCUT2D eigenvalue weighted by Crippen LogP contribution is 2.36. The molecule has 3 aromatic rings. The van der Waals surface area contributed by atoms with E-state index < -0.39 is 0 Å². The van der Waals surface area contributed by atoms with Gasteiger partial charge < -0.3 is 8.83 Å². The third-order valence-corrected chi connectivity index (χ3v) is 4.25. The van der Waals surface area contributed by atoms with Crippen LogP contribution in [0, 0.1) is 13.8 Å². The molecular weight excluding hydrogens is 312 g/mol. The number of hydrazone groups is 1. The molecule has 0 saturated carbocycles. The van der Waals surface area contributed by atoms with E-state index in [2.05, 4.69) is 12.1 Å². The summed E-state index contributed by atoms with van der Waals surface area (Å²) in [7, 11) is 0. The zero-order valence-electron chi connectivity index (χ0n) is 14.3. The summed E-state index contributed by atoms with van der Waals surface area (Å²) in [5.41, 5.74) is 2.05. The Morgan fingerprint density at radius 3 is 2.36 bits per heavy atom. The Balaban J connectivity index is 1.63. The number of rotatable bonds is 4. The Hall–Kier alpha value is -3.01. The minimum Gasteiger partial charge on any atom is -0.464 e. The first kappa shape index (κ1) is 15.5. The molecular formula is C21H20N2O2. The molecule has 126 valence electrons. The van der Waals surface area contributed by atoms with Crippen LogP contribution in [-0.4, -0.2) is 5.71 Å². The van der Waals surface area contributed by atoms with Gasteiger partial charge in [0.05, 0.1) is 11.4 Å². The van der Waals surface area contributed by atoms with Crippen LogP contribution >= 0.6 is 0 Å². The Kier molecular flexibility index (Phi) is 4.02. The highest BCUT2D eigenvalue weighted by molar-refractivity contribution is 6.00. The maximum Gasteiger partial charge on any atom is 0.129 e. The third-order valence-electron chi connectivity index (χ3n) is 4.25. The Labute approximate surface area is 147 Å². The van der Waals surface area contributed by atoms with Gasteiger partial charge in [0.1, 0.15) is 29.1 Å². The van der Waals surface area contributed by atoms with Gasteiger partial charge in [0, 0.05) is 6.42 Å². The van der Waals surface area contributed by atoms with Crippen molar-refractivity contribution < 1.29 is 8.83 Å². The summed E-state index contributed by atoms with van der Waals surface area (Å²) in [6.07, 6.45) is 4.77. The van der Waals surface area contributed by atoms with Gasteiger partial charge in [-0.05, 0) is 62.4 Å². The fourth-order valence-electron chi connectivity index (χ4n) is 3.03. The SMILES string of the molecule is Cc1ccc(/C=C/C2=NN(c3ccccc3)C(c3ccc(C)o3)C2)o1. The molecule has 0 spiro atoms. The molecule has 0 bridgehead atoms. The molecule has 0 radical (unpaired) electrons. The maximum absolute atomic E-state index is 5.88. The van der Waals surface area contributed by atoms with Gasteiger partial charge in [0.25, 0.3) is 0 Å². The Bertz CT molecular complexity index is 918. The van der Waals surface area contributed by atoms with Crippen molar-refractivity contribution in [1.82, 2.24) is 0 Å². The number of hydrogen-bond donors (Lipinski definition) is 0. The molecule has 0 saturated heterocycles. The molecule has 1 aliphatic heterocycles. The lowest BCUT2D eigenvalue weighted by atomic mass is 10.1. The summed E-state index contributed by atoms with van der Waals surface area (Å²) >= 11 is 0. The smallest absolute Gasteiger partial charge is 0.129 e. The van der Waals surface area contributed by atoms with Gasteiger partial charge in [0.2, 0.25) is 0 Å². The molecule has 4 heteroatoms. The Morgan fingerprint density at radius 1 is 0.920 bits per heavy atom. The second kappa shape index (κ2) is 6.48. The molecule has 25 heavy (non-hydrogen) atoms. The van der Waals surface area contributed by atoms with Crippen molar-refractivity contribution in [1.29, 1.82) is 0 Å². The van der Waals surface area contributed by atoms with Gasteiger partial charge in [-0.3, -0.25) is 5.01 Å². The fourth-order valence-corrected chi connectivity index (χ4v) is 3.03. The fraction of sp³-hybridized carbons (Fsp3) is 0.190. The summed E-state index contributed by atoms with van der Waals surface area (Å²) in [5, 5.41) is 6.84. The first-order chi connectivity index (χ1) is 12.2. The van der Waals surface area contributed by atoms with Gasteiger partial charge in [-0.15, -0.1) is 0 Å². The summed E-state index contributed by atoms with van der Waals surface area (Å²) in [6, 6.07) is 18.2. The normalized spacial score (nSPS) is 17.4. The number of furan rings is 2. The number of allylic oxidation sites excluding steroid dienone is 1. The van der Waals surface area contributed by atoms with Crippen molar-refractivity contribution in [3.8, 4) is 0 Å². The van der Waals surface area contributed by atoms with Crippen LogP contribution in [0.2, 0.25) is 0 Å². The number of benzene rings is 1. The van der Waals surface area contributed by atoms with Crippen molar-refractivity contribution >= 4 is 17.5 Å². The van der Waals surface area contributed by atoms with Gasteiger partial charge >= 0.3 is 0 Å². The van der Waals surface area contributed by atoms with E-state index in [1.807, 2.05) is 73.5 Å². The van der Waals surface area contributed by atoms with Crippen molar-refractivity contribution in [3.05, 3.63) is 83.7 Å². The largest absolute Gasteiger partial charge is 0.464 e. The standard InChI is InChI=1S/C21H20N2O2/c1-15-8-11-19(24-15)12-10-17-14-20(21-13-9-16(2)25-21)23(22-17)18-6-4-3-5-7-18/h3-13,20H,14H2,1-2H3/b12-10+. The lowest BCUT2D eigenvalue weighted by molar-refractivity contribution is 0.445. The number of nitrogens with zero attached hydrogens (tertiary/aromatic N) is 2. The molecule has 0 aliphatic carbocycles. The first-order valence-corrected chi connectivity index (χ1v) is 8.42. The van der Waals surface area contributed by atoms with Gasteiger partial charge in [-0.1, -0.05) is 18.2 Å². The topological polar surface area (TPSA) is 41.9 Å².